The Labute approximate surface area is 141 Å². The second-order valence-electron chi connectivity index (χ2n) is 6.14. The van der Waals surface area contributed by atoms with Crippen molar-refractivity contribution in [1.29, 1.82) is 0 Å². The van der Waals surface area contributed by atoms with Crippen LogP contribution in [-0.2, 0) is 11.2 Å². The molecule has 3 rings (SSSR count). The molecule has 23 heavy (non-hydrogen) atoms. The zero-order valence-electron chi connectivity index (χ0n) is 13.2. The van der Waals surface area contributed by atoms with Crippen LogP contribution in [0.15, 0.2) is 36.7 Å². The second-order valence-corrected chi connectivity index (χ2v) is 6.54. The number of aromatic nitrogens is 3. The Balaban J connectivity index is 1.55. The van der Waals surface area contributed by atoms with E-state index in [4.69, 9.17) is 11.6 Å². The van der Waals surface area contributed by atoms with Gasteiger partial charge in [-0.05, 0) is 30.9 Å². The Morgan fingerprint density at radius 3 is 2.74 bits per heavy atom. The van der Waals surface area contributed by atoms with E-state index in [0.717, 1.165) is 36.5 Å². The van der Waals surface area contributed by atoms with Crippen LogP contribution in [0.1, 0.15) is 31.4 Å². The molecule has 0 N–H and O–H groups in total. The average molecular weight is 333 g/mol. The topological polar surface area (TPSA) is 51.0 Å². The van der Waals surface area contributed by atoms with Crippen LogP contribution in [0.25, 0.3) is 0 Å². The third-order valence-corrected chi connectivity index (χ3v) is 4.87. The number of rotatable bonds is 4. The summed E-state index contributed by atoms with van der Waals surface area (Å²) in [6.07, 6.45) is 6.12. The Hall–Kier alpha value is -1.88. The Morgan fingerprint density at radius 2 is 2.09 bits per heavy atom. The van der Waals surface area contributed by atoms with Crippen molar-refractivity contribution < 1.29 is 4.79 Å². The molecular weight excluding hydrogens is 312 g/mol. The summed E-state index contributed by atoms with van der Waals surface area (Å²) in [5, 5.41) is 8.65. The van der Waals surface area contributed by atoms with E-state index in [1.165, 1.54) is 0 Å². The fraction of sp³-hybridized carbons (Fsp3) is 0.471. The lowest BCUT2D eigenvalue weighted by Crippen LogP contribution is -2.42. The van der Waals surface area contributed by atoms with E-state index in [0.29, 0.717) is 12.5 Å². The summed E-state index contributed by atoms with van der Waals surface area (Å²) in [6, 6.07) is 8.08. The summed E-state index contributed by atoms with van der Waals surface area (Å²) in [5.74, 6) is 0.153. The molecule has 2 aromatic rings. The molecule has 1 amide bonds. The number of halogens is 1. The first-order valence-electron chi connectivity index (χ1n) is 8.03. The minimum atomic E-state index is -0.0576. The molecule has 1 aromatic heterocycles. The molecule has 0 aliphatic carbocycles. The van der Waals surface area contributed by atoms with Gasteiger partial charge in [-0.15, -0.1) is 5.10 Å². The first-order valence-corrected chi connectivity index (χ1v) is 8.41. The molecule has 1 fully saturated rings. The van der Waals surface area contributed by atoms with Gasteiger partial charge >= 0.3 is 0 Å². The van der Waals surface area contributed by atoms with Gasteiger partial charge in [0.15, 0.2) is 0 Å². The van der Waals surface area contributed by atoms with Crippen LogP contribution in [0.2, 0.25) is 5.02 Å². The van der Waals surface area contributed by atoms with Crippen LogP contribution in [0.5, 0.6) is 0 Å². The van der Waals surface area contributed by atoms with Crippen LogP contribution in [-0.4, -0.2) is 38.9 Å². The lowest BCUT2D eigenvalue weighted by Gasteiger charge is -2.33. The van der Waals surface area contributed by atoms with Crippen LogP contribution in [0.4, 0.5) is 0 Å². The highest BCUT2D eigenvalue weighted by molar-refractivity contribution is 6.31. The Morgan fingerprint density at radius 1 is 1.35 bits per heavy atom. The summed E-state index contributed by atoms with van der Waals surface area (Å²) in [4.78, 5) is 14.6. The van der Waals surface area contributed by atoms with Gasteiger partial charge in [0, 0.05) is 30.2 Å². The van der Waals surface area contributed by atoms with Gasteiger partial charge in [0.05, 0.1) is 12.2 Å². The number of carbonyl (C=O) groups is 1. The SMILES string of the molecule is CC(Cc1ccccc1Cl)C(=O)N1CCC(n2ccnn2)CC1. The van der Waals surface area contributed by atoms with E-state index in [1.807, 2.05) is 47.0 Å². The highest BCUT2D eigenvalue weighted by Gasteiger charge is 2.27. The smallest absolute Gasteiger partial charge is 0.225 e. The van der Waals surface area contributed by atoms with Crippen molar-refractivity contribution in [3.63, 3.8) is 0 Å². The van der Waals surface area contributed by atoms with E-state index < -0.39 is 0 Å². The van der Waals surface area contributed by atoms with E-state index in [2.05, 4.69) is 10.3 Å². The highest BCUT2D eigenvalue weighted by Crippen LogP contribution is 2.24. The molecule has 122 valence electrons. The van der Waals surface area contributed by atoms with Gasteiger partial charge in [-0.1, -0.05) is 41.9 Å². The number of benzene rings is 1. The maximum Gasteiger partial charge on any atom is 0.225 e. The average Bonchev–Trinajstić information content (AvgIpc) is 3.11. The molecule has 2 heterocycles. The molecule has 6 heteroatoms. The quantitative estimate of drug-likeness (QED) is 0.865. The van der Waals surface area contributed by atoms with Gasteiger partial charge in [-0.2, -0.15) is 0 Å². The van der Waals surface area contributed by atoms with Gasteiger partial charge in [0.2, 0.25) is 5.91 Å². The Bertz CT molecular complexity index is 650. The van der Waals surface area contributed by atoms with Gasteiger partial charge in [-0.3, -0.25) is 4.79 Å². The standard InChI is InChI=1S/C17H21ClN4O/c1-13(12-14-4-2-3-5-16(14)18)17(23)21-9-6-15(7-10-21)22-11-8-19-20-22/h2-5,8,11,13,15H,6-7,9-10,12H2,1H3. The largest absolute Gasteiger partial charge is 0.342 e. The molecule has 0 spiro atoms. The normalized spacial score (nSPS) is 17.2. The molecule has 0 radical (unpaired) electrons. The van der Waals surface area contributed by atoms with Crippen LogP contribution in [0, 0.1) is 5.92 Å². The van der Waals surface area contributed by atoms with Crippen molar-refractivity contribution in [2.24, 2.45) is 5.92 Å². The molecule has 0 saturated carbocycles. The molecule has 1 aromatic carbocycles. The number of amides is 1. The summed E-state index contributed by atoms with van der Waals surface area (Å²) in [7, 11) is 0. The molecule has 1 saturated heterocycles. The van der Waals surface area contributed by atoms with E-state index >= 15 is 0 Å². The second kappa shape index (κ2) is 7.13. The number of hydrogen-bond acceptors (Lipinski definition) is 3. The van der Waals surface area contributed by atoms with Gasteiger partial charge in [0.1, 0.15) is 0 Å². The molecule has 1 atom stereocenters. The fourth-order valence-electron chi connectivity index (χ4n) is 3.16. The van der Waals surface area contributed by atoms with E-state index in [1.54, 1.807) is 6.20 Å². The summed E-state index contributed by atoms with van der Waals surface area (Å²) in [5.41, 5.74) is 1.03. The fourth-order valence-corrected chi connectivity index (χ4v) is 3.37. The monoisotopic (exact) mass is 332 g/mol. The van der Waals surface area contributed by atoms with Crippen molar-refractivity contribution in [1.82, 2.24) is 19.9 Å². The van der Waals surface area contributed by atoms with Gasteiger partial charge < -0.3 is 4.90 Å². The van der Waals surface area contributed by atoms with Gasteiger partial charge in [-0.25, -0.2) is 4.68 Å². The number of hydrogen-bond donors (Lipinski definition) is 0. The summed E-state index contributed by atoms with van der Waals surface area (Å²) >= 11 is 6.19. The van der Waals surface area contributed by atoms with Crippen LogP contribution in [0.3, 0.4) is 0 Å². The lowest BCUT2D eigenvalue weighted by atomic mass is 9.97. The number of nitrogens with zero attached hydrogens (tertiary/aromatic N) is 4. The predicted octanol–water partition coefficient (Wildman–Crippen LogP) is 2.97. The van der Waals surface area contributed by atoms with E-state index in [9.17, 15) is 4.79 Å². The molecule has 1 unspecified atom stereocenters. The third-order valence-electron chi connectivity index (χ3n) is 4.50. The van der Waals surface area contributed by atoms with Crippen LogP contribution < -0.4 is 0 Å². The molecule has 1 aliphatic rings. The highest BCUT2D eigenvalue weighted by atomic mass is 35.5. The van der Waals surface area contributed by atoms with Crippen molar-refractivity contribution in [2.45, 2.75) is 32.2 Å². The maximum absolute atomic E-state index is 12.7. The zero-order chi connectivity index (χ0) is 16.2. The number of carbonyl (C=O) groups excluding carboxylic acids is 1. The maximum atomic E-state index is 12.7. The first kappa shape index (κ1) is 16.0. The minimum Gasteiger partial charge on any atom is -0.342 e. The summed E-state index contributed by atoms with van der Waals surface area (Å²) in [6.45, 7) is 3.53. The molecular formula is C17H21ClN4O. The van der Waals surface area contributed by atoms with Crippen LogP contribution >= 0.6 is 11.6 Å². The lowest BCUT2D eigenvalue weighted by molar-refractivity contribution is -0.136. The molecule has 5 nitrogen and oxygen atoms in total. The van der Waals surface area contributed by atoms with E-state index in [-0.39, 0.29) is 11.8 Å². The number of piperidine rings is 1. The zero-order valence-corrected chi connectivity index (χ0v) is 14.0. The Kier molecular flexibility index (Phi) is 4.96. The third kappa shape index (κ3) is 3.72. The summed E-state index contributed by atoms with van der Waals surface area (Å²) < 4.78 is 1.90. The minimum absolute atomic E-state index is 0.0576. The number of likely N-dealkylation sites (tertiary alicyclic amines) is 1. The predicted molar refractivity (Wildman–Crippen MR) is 89.2 cm³/mol. The van der Waals surface area contributed by atoms with Crippen molar-refractivity contribution in [3.05, 3.63) is 47.2 Å². The van der Waals surface area contributed by atoms with Gasteiger partial charge in [0.25, 0.3) is 0 Å². The van der Waals surface area contributed by atoms with Crippen molar-refractivity contribution in [2.75, 3.05) is 13.1 Å². The van der Waals surface area contributed by atoms with Crippen molar-refractivity contribution in [3.8, 4) is 0 Å². The molecule has 1 aliphatic heterocycles. The first-order chi connectivity index (χ1) is 11.1. The molecule has 0 bridgehead atoms. The van der Waals surface area contributed by atoms with Crippen molar-refractivity contribution >= 4 is 17.5 Å².